The SMILES string of the molecule is CC(=O)NCc1ccc(C(=O)N2CCCc3cccc(F)c32)cc1. The number of para-hydroxylation sites is 1. The number of hydrogen-bond acceptors (Lipinski definition) is 2. The van der Waals surface area contributed by atoms with Crippen LogP contribution in [0.4, 0.5) is 10.1 Å². The minimum Gasteiger partial charge on any atom is -0.352 e. The molecule has 1 aliphatic rings. The quantitative estimate of drug-likeness (QED) is 0.942. The van der Waals surface area contributed by atoms with E-state index in [2.05, 4.69) is 5.32 Å². The molecule has 0 radical (unpaired) electrons. The van der Waals surface area contributed by atoms with Gasteiger partial charge in [-0.15, -0.1) is 0 Å². The number of nitrogens with zero attached hydrogens (tertiary/aromatic N) is 1. The van der Waals surface area contributed by atoms with Gasteiger partial charge in [-0.1, -0.05) is 24.3 Å². The summed E-state index contributed by atoms with van der Waals surface area (Å²) in [6.45, 7) is 2.39. The molecule has 1 N–H and O–H groups in total. The normalized spacial score (nSPS) is 13.3. The Hall–Kier alpha value is -2.69. The van der Waals surface area contributed by atoms with E-state index >= 15 is 0 Å². The Morgan fingerprint density at radius 3 is 2.62 bits per heavy atom. The van der Waals surface area contributed by atoms with E-state index in [0.717, 1.165) is 24.0 Å². The third-order valence-electron chi connectivity index (χ3n) is 4.16. The molecule has 24 heavy (non-hydrogen) atoms. The van der Waals surface area contributed by atoms with Gasteiger partial charge in [-0.3, -0.25) is 9.59 Å². The van der Waals surface area contributed by atoms with Gasteiger partial charge in [0.1, 0.15) is 5.82 Å². The minimum absolute atomic E-state index is 0.101. The van der Waals surface area contributed by atoms with E-state index in [1.807, 2.05) is 6.07 Å². The molecule has 0 unspecified atom stereocenters. The van der Waals surface area contributed by atoms with E-state index in [4.69, 9.17) is 0 Å². The van der Waals surface area contributed by atoms with Crippen molar-refractivity contribution >= 4 is 17.5 Å². The highest BCUT2D eigenvalue weighted by Gasteiger charge is 2.26. The molecular formula is C19H19FN2O2. The number of halogens is 1. The van der Waals surface area contributed by atoms with Crippen molar-refractivity contribution in [1.29, 1.82) is 0 Å². The van der Waals surface area contributed by atoms with Gasteiger partial charge < -0.3 is 10.2 Å². The lowest BCUT2D eigenvalue weighted by Crippen LogP contribution is -2.36. The van der Waals surface area contributed by atoms with Gasteiger partial charge in [-0.05, 0) is 42.2 Å². The fourth-order valence-electron chi connectivity index (χ4n) is 2.95. The summed E-state index contributed by atoms with van der Waals surface area (Å²) in [6, 6.07) is 12.0. The number of amides is 2. The third kappa shape index (κ3) is 3.30. The van der Waals surface area contributed by atoms with Crippen LogP contribution in [0.1, 0.15) is 34.8 Å². The van der Waals surface area contributed by atoms with Gasteiger partial charge in [0.15, 0.2) is 0 Å². The van der Waals surface area contributed by atoms with Crippen molar-refractivity contribution in [3.05, 3.63) is 65.0 Å². The van der Waals surface area contributed by atoms with Gasteiger partial charge in [0.2, 0.25) is 5.91 Å². The molecule has 2 aromatic rings. The molecule has 124 valence electrons. The average Bonchev–Trinajstić information content (AvgIpc) is 2.59. The van der Waals surface area contributed by atoms with Gasteiger partial charge in [-0.25, -0.2) is 4.39 Å². The summed E-state index contributed by atoms with van der Waals surface area (Å²) in [6.07, 6.45) is 1.61. The third-order valence-corrected chi connectivity index (χ3v) is 4.16. The molecule has 0 fully saturated rings. The number of nitrogens with one attached hydrogen (secondary N) is 1. The van der Waals surface area contributed by atoms with E-state index in [0.29, 0.717) is 24.3 Å². The van der Waals surface area contributed by atoms with E-state index in [9.17, 15) is 14.0 Å². The Morgan fingerprint density at radius 2 is 1.92 bits per heavy atom. The van der Waals surface area contributed by atoms with Crippen molar-refractivity contribution in [2.75, 3.05) is 11.4 Å². The number of fused-ring (bicyclic) bond motifs is 1. The van der Waals surface area contributed by atoms with Crippen molar-refractivity contribution in [3.63, 3.8) is 0 Å². The van der Waals surface area contributed by atoms with E-state index < -0.39 is 0 Å². The highest BCUT2D eigenvalue weighted by molar-refractivity contribution is 6.06. The van der Waals surface area contributed by atoms with Gasteiger partial charge in [0.05, 0.1) is 5.69 Å². The zero-order chi connectivity index (χ0) is 17.1. The molecule has 3 rings (SSSR count). The largest absolute Gasteiger partial charge is 0.352 e. The summed E-state index contributed by atoms with van der Waals surface area (Å²) >= 11 is 0. The number of hydrogen-bond donors (Lipinski definition) is 1. The first-order chi connectivity index (χ1) is 11.6. The number of carbonyl (C=O) groups is 2. The molecular weight excluding hydrogens is 307 g/mol. The molecule has 0 bridgehead atoms. The Kier molecular flexibility index (Phi) is 4.60. The van der Waals surface area contributed by atoms with Crippen molar-refractivity contribution < 1.29 is 14.0 Å². The van der Waals surface area contributed by atoms with E-state index in [1.165, 1.54) is 17.9 Å². The second-order valence-electron chi connectivity index (χ2n) is 5.91. The summed E-state index contributed by atoms with van der Waals surface area (Å²) in [5.41, 5.74) is 2.69. The molecule has 0 aromatic heterocycles. The molecule has 4 nitrogen and oxygen atoms in total. The van der Waals surface area contributed by atoms with E-state index in [1.54, 1.807) is 30.3 Å². The standard InChI is InChI=1S/C19H19FN2O2/c1-13(23)21-12-14-7-9-16(10-8-14)19(24)22-11-3-5-15-4-2-6-17(20)18(15)22/h2,4,6-10H,3,5,11-12H2,1H3,(H,21,23). The lowest BCUT2D eigenvalue weighted by atomic mass is 10.00. The number of benzene rings is 2. The first-order valence-electron chi connectivity index (χ1n) is 7.99. The number of carbonyl (C=O) groups excluding carboxylic acids is 2. The lowest BCUT2D eigenvalue weighted by molar-refractivity contribution is -0.119. The maximum absolute atomic E-state index is 14.2. The lowest BCUT2D eigenvalue weighted by Gasteiger charge is -2.30. The fourth-order valence-corrected chi connectivity index (χ4v) is 2.95. The highest BCUT2D eigenvalue weighted by atomic mass is 19.1. The highest BCUT2D eigenvalue weighted by Crippen LogP contribution is 2.31. The van der Waals surface area contributed by atoms with E-state index in [-0.39, 0.29) is 17.6 Å². The molecule has 2 aromatic carbocycles. The Bertz CT molecular complexity index is 771. The van der Waals surface area contributed by atoms with Crippen LogP contribution in [-0.2, 0) is 17.8 Å². The maximum Gasteiger partial charge on any atom is 0.258 e. The minimum atomic E-state index is -0.358. The van der Waals surface area contributed by atoms with Crippen LogP contribution in [0.25, 0.3) is 0 Å². The van der Waals surface area contributed by atoms with Crippen molar-refractivity contribution in [3.8, 4) is 0 Å². The zero-order valence-corrected chi connectivity index (χ0v) is 13.5. The molecule has 0 spiro atoms. The summed E-state index contributed by atoms with van der Waals surface area (Å²) in [4.78, 5) is 25.2. The zero-order valence-electron chi connectivity index (χ0n) is 13.5. The Morgan fingerprint density at radius 1 is 1.17 bits per heavy atom. The van der Waals surface area contributed by atoms with Crippen LogP contribution in [0.15, 0.2) is 42.5 Å². The summed E-state index contributed by atoms with van der Waals surface area (Å²) in [7, 11) is 0. The first kappa shape index (κ1) is 16.2. The summed E-state index contributed by atoms with van der Waals surface area (Å²) in [5.74, 6) is -0.662. The van der Waals surface area contributed by atoms with Crippen LogP contribution in [0.5, 0.6) is 0 Å². The molecule has 2 amide bonds. The molecule has 1 aliphatic heterocycles. The van der Waals surface area contributed by atoms with Crippen LogP contribution >= 0.6 is 0 Å². The predicted octanol–water partition coefficient (Wildman–Crippen LogP) is 3.05. The van der Waals surface area contributed by atoms with Gasteiger partial charge in [-0.2, -0.15) is 0 Å². The molecule has 5 heteroatoms. The fraction of sp³-hybridized carbons (Fsp3) is 0.263. The second kappa shape index (κ2) is 6.83. The predicted molar refractivity (Wildman–Crippen MR) is 90.4 cm³/mol. The second-order valence-corrected chi connectivity index (χ2v) is 5.91. The Labute approximate surface area is 140 Å². The van der Waals surface area contributed by atoms with Crippen molar-refractivity contribution in [1.82, 2.24) is 5.32 Å². The van der Waals surface area contributed by atoms with Crippen LogP contribution < -0.4 is 10.2 Å². The summed E-state index contributed by atoms with van der Waals surface area (Å²) < 4.78 is 14.2. The number of rotatable bonds is 3. The van der Waals surface area contributed by atoms with Crippen molar-refractivity contribution in [2.24, 2.45) is 0 Å². The van der Waals surface area contributed by atoms with Crippen LogP contribution in [0, 0.1) is 5.82 Å². The topological polar surface area (TPSA) is 49.4 Å². The Balaban J connectivity index is 1.82. The molecule has 0 aliphatic carbocycles. The maximum atomic E-state index is 14.2. The number of aryl methyl sites for hydroxylation is 1. The average molecular weight is 326 g/mol. The van der Waals surface area contributed by atoms with Crippen molar-refractivity contribution in [2.45, 2.75) is 26.3 Å². The van der Waals surface area contributed by atoms with Gasteiger partial charge in [0.25, 0.3) is 5.91 Å². The first-order valence-corrected chi connectivity index (χ1v) is 7.99. The number of anilines is 1. The van der Waals surface area contributed by atoms with Crippen LogP contribution in [-0.4, -0.2) is 18.4 Å². The van der Waals surface area contributed by atoms with Gasteiger partial charge >= 0.3 is 0 Å². The molecule has 0 atom stereocenters. The van der Waals surface area contributed by atoms with Crippen LogP contribution in [0.3, 0.4) is 0 Å². The monoisotopic (exact) mass is 326 g/mol. The van der Waals surface area contributed by atoms with Gasteiger partial charge in [0, 0.05) is 25.6 Å². The molecule has 0 saturated carbocycles. The molecule has 1 heterocycles. The molecule has 0 saturated heterocycles. The smallest absolute Gasteiger partial charge is 0.258 e. The van der Waals surface area contributed by atoms with Crippen LogP contribution in [0.2, 0.25) is 0 Å². The summed E-state index contributed by atoms with van der Waals surface area (Å²) in [5, 5.41) is 2.71.